The van der Waals surface area contributed by atoms with E-state index in [4.69, 9.17) is 4.74 Å². The number of methoxy groups -OCH3 is 1. The number of amides is 4. The molecular formula is C14H12N2O7. The normalized spacial score (nSPS) is 14.3. The number of rotatable bonds is 4. The Bertz CT molecular complexity index is 696. The van der Waals surface area contributed by atoms with Crippen molar-refractivity contribution in [2.45, 2.75) is 0 Å². The molecule has 9 nitrogen and oxygen atoms in total. The highest BCUT2D eigenvalue weighted by atomic mass is 16.5. The van der Waals surface area contributed by atoms with Crippen LogP contribution in [-0.4, -0.2) is 60.3 Å². The van der Waals surface area contributed by atoms with E-state index < -0.39 is 36.3 Å². The lowest BCUT2D eigenvalue weighted by molar-refractivity contribution is -0.145. The first-order valence-corrected chi connectivity index (χ1v) is 6.37. The fourth-order valence-electron chi connectivity index (χ4n) is 1.82. The molecule has 0 aliphatic carbocycles. The Labute approximate surface area is 130 Å². The van der Waals surface area contributed by atoms with Crippen LogP contribution in [0.5, 0.6) is 5.75 Å². The number of imide groups is 2. The average Bonchev–Trinajstić information content (AvgIpc) is 2.72. The molecule has 0 atom stereocenters. The Kier molecular flexibility index (Phi) is 4.39. The van der Waals surface area contributed by atoms with Crippen molar-refractivity contribution in [1.82, 2.24) is 9.80 Å². The van der Waals surface area contributed by atoms with Crippen LogP contribution in [-0.2, 0) is 19.1 Å². The molecule has 4 amide bonds. The van der Waals surface area contributed by atoms with E-state index >= 15 is 0 Å². The Morgan fingerprint density at radius 1 is 1.04 bits per heavy atom. The van der Waals surface area contributed by atoms with Crippen molar-refractivity contribution < 1.29 is 33.4 Å². The number of nitrogens with zero attached hydrogens (tertiary/aromatic N) is 2. The van der Waals surface area contributed by atoms with Gasteiger partial charge in [0, 0.05) is 7.05 Å². The quantitative estimate of drug-likeness (QED) is 0.327. The average molecular weight is 320 g/mol. The number of likely N-dealkylation sites (N-methyl/N-ethyl adjacent to an activating group) is 1. The molecule has 0 radical (unpaired) electrons. The fourth-order valence-corrected chi connectivity index (χ4v) is 1.82. The lowest BCUT2D eigenvalue weighted by atomic mass is 10.2. The van der Waals surface area contributed by atoms with Crippen molar-refractivity contribution >= 4 is 29.8 Å². The van der Waals surface area contributed by atoms with Crippen molar-refractivity contribution in [3.8, 4) is 5.75 Å². The minimum absolute atomic E-state index is 0.112. The van der Waals surface area contributed by atoms with Crippen LogP contribution < -0.4 is 4.74 Å². The summed E-state index contributed by atoms with van der Waals surface area (Å²) in [7, 11) is 2.37. The molecule has 0 saturated carbocycles. The molecule has 0 N–H and O–H groups in total. The molecule has 0 unspecified atom stereocenters. The number of esters is 2. The zero-order chi connectivity index (χ0) is 17.1. The van der Waals surface area contributed by atoms with Gasteiger partial charge in [0.1, 0.15) is 12.3 Å². The maximum Gasteiger partial charge on any atom is 0.337 e. The molecule has 1 fully saturated rings. The second kappa shape index (κ2) is 6.26. The number of hydrogen-bond acceptors (Lipinski definition) is 7. The van der Waals surface area contributed by atoms with E-state index in [1.165, 1.54) is 31.4 Å². The topological polar surface area (TPSA) is 110 Å². The number of urea groups is 1. The van der Waals surface area contributed by atoms with Gasteiger partial charge in [-0.15, -0.1) is 0 Å². The van der Waals surface area contributed by atoms with Crippen LogP contribution >= 0.6 is 0 Å². The van der Waals surface area contributed by atoms with Crippen molar-refractivity contribution in [3.63, 3.8) is 0 Å². The monoisotopic (exact) mass is 320 g/mol. The standard InChI is InChI=1S/C14H12N2O7/c1-15-11(18)12(19)16(14(15)21)7-10(17)23-9-5-3-8(4-6-9)13(20)22-2/h3-6H,7H2,1-2H3. The number of carbonyl (C=O) groups is 5. The van der Waals surface area contributed by atoms with Gasteiger partial charge in [-0.3, -0.25) is 14.5 Å². The largest absolute Gasteiger partial charge is 0.465 e. The summed E-state index contributed by atoms with van der Waals surface area (Å²) < 4.78 is 9.47. The molecule has 2 rings (SSSR count). The SMILES string of the molecule is COC(=O)c1ccc(OC(=O)CN2C(=O)C(=O)N(C)C2=O)cc1. The van der Waals surface area contributed by atoms with Crippen LogP contribution in [0.3, 0.4) is 0 Å². The molecule has 23 heavy (non-hydrogen) atoms. The molecule has 1 aromatic carbocycles. The van der Waals surface area contributed by atoms with Gasteiger partial charge in [0.05, 0.1) is 12.7 Å². The van der Waals surface area contributed by atoms with E-state index in [0.29, 0.717) is 9.80 Å². The van der Waals surface area contributed by atoms with E-state index in [2.05, 4.69) is 4.74 Å². The Balaban J connectivity index is 2.00. The third-order valence-electron chi connectivity index (χ3n) is 3.04. The molecule has 0 bridgehead atoms. The number of benzene rings is 1. The summed E-state index contributed by atoms with van der Waals surface area (Å²) in [6.07, 6.45) is 0. The van der Waals surface area contributed by atoms with E-state index in [9.17, 15) is 24.0 Å². The molecule has 1 aliphatic heterocycles. The first-order chi connectivity index (χ1) is 10.8. The van der Waals surface area contributed by atoms with E-state index in [-0.39, 0.29) is 11.3 Å². The predicted octanol–water partition coefficient (Wildman–Crippen LogP) is -0.201. The third-order valence-corrected chi connectivity index (χ3v) is 3.04. The highest BCUT2D eigenvalue weighted by molar-refractivity contribution is 6.44. The van der Waals surface area contributed by atoms with Crippen molar-refractivity contribution in [3.05, 3.63) is 29.8 Å². The van der Waals surface area contributed by atoms with Gasteiger partial charge in [0.2, 0.25) is 0 Å². The minimum Gasteiger partial charge on any atom is -0.465 e. The summed E-state index contributed by atoms with van der Waals surface area (Å²) in [4.78, 5) is 58.6. The van der Waals surface area contributed by atoms with Gasteiger partial charge in [-0.2, -0.15) is 0 Å². The first kappa shape index (κ1) is 16.1. The van der Waals surface area contributed by atoms with Gasteiger partial charge in [0.15, 0.2) is 0 Å². The van der Waals surface area contributed by atoms with Crippen molar-refractivity contribution in [2.75, 3.05) is 20.7 Å². The molecule has 1 aromatic rings. The summed E-state index contributed by atoms with van der Waals surface area (Å²) >= 11 is 0. The second-order valence-corrected chi connectivity index (χ2v) is 4.53. The van der Waals surface area contributed by atoms with Crippen molar-refractivity contribution in [2.24, 2.45) is 0 Å². The number of hydrogen-bond donors (Lipinski definition) is 0. The molecule has 0 spiro atoms. The lowest BCUT2D eigenvalue weighted by Gasteiger charge is -2.12. The zero-order valence-electron chi connectivity index (χ0n) is 12.3. The third kappa shape index (κ3) is 3.18. The van der Waals surface area contributed by atoms with Crippen molar-refractivity contribution in [1.29, 1.82) is 0 Å². The highest BCUT2D eigenvalue weighted by Gasteiger charge is 2.43. The van der Waals surface area contributed by atoms with Crippen LogP contribution in [0.15, 0.2) is 24.3 Å². The van der Waals surface area contributed by atoms with Gasteiger partial charge < -0.3 is 9.47 Å². The molecule has 120 valence electrons. The maximum atomic E-state index is 11.8. The number of carbonyl (C=O) groups excluding carboxylic acids is 5. The van der Waals surface area contributed by atoms with Gasteiger partial charge in [0.25, 0.3) is 0 Å². The van der Waals surface area contributed by atoms with Crippen LogP contribution in [0.25, 0.3) is 0 Å². The van der Waals surface area contributed by atoms with Gasteiger partial charge in [-0.1, -0.05) is 0 Å². The fraction of sp³-hybridized carbons (Fsp3) is 0.214. The molecule has 1 saturated heterocycles. The lowest BCUT2D eigenvalue weighted by Crippen LogP contribution is -2.37. The van der Waals surface area contributed by atoms with Gasteiger partial charge in [-0.05, 0) is 24.3 Å². The minimum atomic E-state index is -1.09. The molecule has 1 heterocycles. The molecular weight excluding hydrogens is 308 g/mol. The molecule has 1 aliphatic rings. The predicted molar refractivity (Wildman–Crippen MR) is 73.3 cm³/mol. The van der Waals surface area contributed by atoms with Crippen LogP contribution in [0, 0.1) is 0 Å². The van der Waals surface area contributed by atoms with Crippen LogP contribution in [0.4, 0.5) is 4.79 Å². The molecule has 0 aromatic heterocycles. The Morgan fingerprint density at radius 2 is 1.65 bits per heavy atom. The summed E-state index contributed by atoms with van der Waals surface area (Å²) in [5.74, 6) is -3.43. The second-order valence-electron chi connectivity index (χ2n) is 4.53. The van der Waals surface area contributed by atoms with Gasteiger partial charge in [-0.25, -0.2) is 19.3 Å². The van der Waals surface area contributed by atoms with E-state index in [0.717, 1.165) is 7.05 Å². The van der Waals surface area contributed by atoms with Crippen LogP contribution in [0.1, 0.15) is 10.4 Å². The Hall–Kier alpha value is -3.23. The van der Waals surface area contributed by atoms with E-state index in [1.807, 2.05) is 0 Å². The highest BCUT2D eigenvalue weighted by Crippen LogP contribution is 2.14. The van der Waals surface area contributed by atoms with Crippen LogP contribution in [0.2, 0.25) is 0 Å². The van der Waals surface area contributed by atoms with E-state index in [1.54, 1.807) is 0 Å². The summed E-state index contributed by atoms with van der Waals surface area (Å²) in [5, 5.41) is 0. The molecule has 9 heteroatoms. The maximum absolute atomic E-state index is 11.8. The van der Waals surface area contributed by atoms with Gasteiger partial charge >= 0.3 is 29.8 Å². The zero-order valence-corrected chi connectivity index (χ0v) is 12.3. The summed E-state index contributed by atoms with van der Waals surface area (Å²) in [5.41, 5.74) is 0.268. The smallest absolute Gasteiger partial charge is 0.337 e. The summed E-state index contributed by atoms with van der Waals surface area (Å²) in [6.45, 7) is -0.688. The summed E-state index contributed by atoms with van der Waals surface area (Å²) in [6, 6.07) is 4.60. The first-order valence-electron chi connectivity index (χ1n) is 6.37. The number of ether oxygens (including phenoxy) is 2. The Morgan fingerprint density at radius 3 is 2.13 bits per heavy atom.